The number of aromatic nitrogens is 2. The van der Waals surface area contributed by atoms with Gasteiger partial charge in [0.2, 0.25) is 5.88 Å². The van der Waals surface area contributed by atoms with E-state index in [0.29, 0.717) is 46.9 Å². The third kappa shape index (κ3) is 4.30. The number of fused-ring (bicyclic) bond motifs is 2. The van der Waals surface area contributed by atoms with Crippen molar-refractivity contribution in [2.75, 3.05) is 25.1 Å². The molecule has 178 valence electrons. The molecule has 0 radical (unpaired) electrons. The van der Waals surface area contributed by atoms with E-state index in [1.165, 1.54) is 17.7 Å². The van der Waals surface area contributed by atoms with E-state index in [1.807, 2.05) is 55.6 Å². The van der Waals surface area contributed by atoms with Crippen LogP contribution in [-0.2, 0) is 4.79 Å². The molecule has 0 spiro atoms. The molecule has 5 rings (SSSR count). The van der Waals surface area contributed by atoms with Crippen molar-refractivity contribution < 1.29 is 23.8 Å². The van der Waals surface area contributed by atoms with E-state index in [1.54, 1.807) is 19.1 Å². The largest absolute Gasteiger partial charge is 0.483 e. The monoisotopic (exact) mass is 471 g/mol. The highest BCUT2D eigenvalue weighted by atomic mass is 16.5. The van der Waals surface area contributed by atoms with E-state index in [-0.39, 0.29) is 12.0 Å². The topological polar surface area (TPSA) is 82.9 Å². The third-order valence-electron chi connectivity index (χ3n) is 5.95. The number of carbonyl (C=O) groups excluding carboxylic acids is 2. The van der Waals surface area contributed by atoms with Crippen molar-refractivity contribution in [3.05, 3.63) is 78.1 Å². The van der Waals surface area contributed by atoms with E-state index in [4.69, 9.17) is 14.2 Å². The zero-order valence-electron chi connectivity index (χ0n) is 19.7. The van der Waals surface area contributed by atoms with Crippen LogP contribution in [0.4, 0.5) is 5.69 Å². The zero-order valence-corrected chi connectivity index (χ0v) is 19.7. The fourth-order valence-corrected chi connectivity index (χ4v) is 4.35. The third-order valence-corrected chi connectivity index (χ3v) is 5.95. The smallest absolute Gasteiger partial charge is 0.308 e. The molecular formula is C27H25N3O5. The predicted molar refractivity (Wildman–Crippen MR) is 132 cm³/mol. The van der Waals surface area contributed by atoms with Crippen LogP contribution in [0.25, 0.3) is 10.9 Å². The average Bonchev–Trinajstić information content (AvgIpc) is 3.13. The first-order chi connectivity index (χ1) is 16.9. The van der Waals surface area contributed by atoms with Crippen molar-refractivity contribution in [2.45, 2.75) is 20.0 Å². The van der Waals surface area contributed by atoms with Gasteiger partial charge in [-0.15, -0.1) is 0 Å². The molecule has 3 heterocycles. The lowest BCUT2D eigenvalue weighted by molar-refractivity contribution is -0.131. The standard InChI is InChI=1S/C27H25N3O5/c1-17-26(34-18(2)31)21-8-4-5-9-22(21)30(17)27(32)19-12-13-25(28-14-19)33-16-20-15-29(3)23-10-6-7-11-24(23)35-20/h4-14,20H,15-16H2,1-3H3/t20-/m0/s1. The van der Waals surface area contributed by atoms with Gasteiger partial charge in [-0.05, 0) is 37.3 Å². The number of hydrogen-bond acceptors (Lipinski definition) is 7. The van der Waals surface area contributed by atoms with Gasteiger partial charge >= 0.3 is 5.97 Å². The van der Waals surface area contributed by atoms with Crippen molar-refractivity contribution >= 4 is 28.5 Å². The number of likely N-dealkylation sites (N-methyl/N-ethyl adjacent to an activating group) is 1. The average molecular weight is 472 g/mol. The van der Waals surface area contributed by atoms with Crippen LogP contribution in [0.5, 0.6) is 17.4 Å². The predicted octanol–water partition coefficient (Wildman–Crippen LogP) is 4.23. The molecule has 0 bridgehead atoms. The van der Waals surface area contributed by atoms with Crippen molar-refractivity contribution in [2.24, 2.45) is 0 Å². The summed E-state index contributed by atoms with van der Waals surface area (Å²) in [4.78, 5) is 31.4. The van der Waals surface area contributed by atoms with Gasteiger partial charge in [0.25, 0.3) is 5.91 Å². The van der Waals surface area contributed by atoms with E-state index >= 15 is 0 Å². The summed E-state index contributed by atoms with van der Waals surface area (Å²) in [5.41, 5.74) is 2.64. The fraction of sp³-hybridized carbons (Fsp3) is 0.222. The van der Waals surface area contributed by atoms with Crippen LogP contribution < -0.4 is 19.1 Å². The molecule has 4 aromatic rings. The number of ether oxygens (including phenoxy) is 3. The van der Waals surface area contributed by atoms with Gasteiger partial charge in [0, 0.05) is 31.6 Å². The molecule has 1 aliphatic rings. The molecule has 0 fully saturated rings. The first-order valence-corrected chi connectivity index (χ1v) is 11.3. The minimum absolute atomic E-state index is 0.147. The Hall–Kier alpha value is -4.33. The lowest BCUT2D eigenvalue weighted by atomic mass is 10.2. The molecule has 2 aromatic carbocycles. The molecule has 1 atom stereocenters. The fourth-order valence-electron chi connectivity index (χ4n) is 4.35. The Bertz CT molecular complexity index is 1410. The van der Waals surface area contributed by atoms with Crippen LogP contribution in [0.3, 0.4) is 0 Å². The number of rotatable bonds is 5. The van der Waals surface area contributed by atoms with Gasteiger partial charge in [0.05, 0.1) is 29.0 Å². The number of pyridine rings is 1. The molecule has 0 N–H and O–H groups in total. The summed E-state index contributed by atoms with van der Waals surface area (Å²) < 4.78 is 18.8. The second-order valence-electron chi connectivity index (χ2n) is 8.45. The summed E-state index contributed by atoms with van der Waals surface area (Å²) in [5, 5.41) is 0.695. The maximum absolute atomic E-state index is 13.4. The molecule has 1 aliphatic heterocycles. The molecule has 35 heavy (non-hydrogen) atoms. The molecule has 2 aromatic heterocycles. The van der Waals surface area contributed by atoms with Crippen LogP contribution >= 0.6 is 0 Å². The summed E-state index contributed by atoms with van der Waals surface area (Å²) in [5.74, 6) is 0.897. The second-order valence-corrected chi connectivity index (χ2v) is 8.45. The Morgan fingerprint density at radius 1 is 1.09 bits per heavy atom. The highest BCUT2D eigenvalue weighted by Gasteiger charge is 2.24. The molecule has 0 saturated heterocycles. The van der Waals surface area contributed by atoms with Crippen LogP contribution in [0, 0.1) is 6.92 Å². The number of benzene rings is 2. The second kappa shape index (κ2) is 9.13. The highest BCUT2D eigenvalue weighted by molar-refractivity contribution is 6.05. The first-order valence-electron chi connectivity index (χ1n) is 11.3. The quantitative estimate of drug-likeness (QED) is 0.403. The van der Waals surface area contributed by atoms with Gasteiger partial charge in [-0.2, -0.15) is 0 Å². The summed E-state index contributed by atoms with van der Waals surface area (Å²) >= 11 is 0. The molecule has 0 unspecified atom stereocenters. The maximum atomic E-state index is 13.4. The lowest BCUT2D eigenvalue weighted by Gasteiger charge is -2.33. The van der Waals surface area contributed by atoms with Crippen LogP contribution in [0.15, 0.2) is 66.9 Å². The molecular weight excluding hydrogens is 446 g/mol. The number of anilines is 1. The Balaban J connectivity index is 1.32. The van der Waals surface area contributed by atoms with Gasteiger partial charge in [0.1, 0.15) is 12.4 Å². The summed E-state index contributed by atoms with van der Waals surface area (Å²) in [6.07, 6.45) is 1.34. The van der Waals surface area contributed by atoms with Gasteiger partial charge in [-0.25, -0.2) is 4.98 Å². The van der Waals surface area contributed by atoms with Gasteiger partial charge in [-0.3, -0.25) is 14.2 Å². The van der Waals surface area contributed by atoms with E-state index < -0.39 is 5.97 Å². The Labute approximate surface area is 202 Å². The molecule has 8 heteroatoms. The lowest BCUT2D eigenvalue weighted by Crippen LogP contribution is -2.41. The zero-order chi connectivity index (χ0) is 24.5. The Morgan fingerprint density at radius 2 is 1.86 bits per heavy atom. The summed E-state index contributed by atoms with van der Waals surface area (Å²) in [6.45, 7) is 4.11. The van der Waals surface area contributed by atoms with Crippen LogP contribution in [-0.4, -0.2) is 47.7 Å². The number of hydrogen-bond donors (Lipinski definition) is 0. The minimum Gasteiger partial charge on any atom is -0.483 e. The van der Waals surface area contributed by atoms with Crippen molar-refractivity contribution in [3.8, 4) is 17.4 Å². The molecule has 0 amide bonds. The number of nitrogens with zero attached hydrogens (tertiary/aromatic N) is 3. The summed E-state index contributed by atoms with van der Waals surface area (Å²) in [7, 11) is 2.02. The number of para-hydroxylation sites is 3. The first kappa shape index (κ1) is 22.5. The van der Waals surface area contributed by atoms with Gasteiger partial charge in [-0.1, -0.05) is 24.3 Å². The van der Waals surface area contributed by atoms with Crippen LogP contribution in [0.2, 0.25) is 0 Å². The number of esters is 1. The van der Waals surface area contributed by atoms with Crippen molar-refractivity contribution in [3.63, 3.8) is 0 Å². The van der Waals surface area contributed by atoms with Crippen molar-refractivity contribution in [1.82, 2.24) is 9.55 Å². The van der Waals surface area contributed by atoms with Gasteiger partial charge < -0.3 is 19.1 Å². The maximum Gasteiger partial charge on any atom is 0.308 e. The Kier molecular flexibility index (Phi) is 5.86. The van der Waals surface area contributed by atoms with Crippen LogP contribution in [0.1, 0.15) is 23.0 Å². The Morgan fingerprint density at radius 3 is 2.63 bits per heavy atom. The summed E-state index contributed by atoms with van der Waals surface area (Å²) in [6, 6.07) is 18.5. The highest BCUT2D eigenvalue weighted by Crippen LogP contribution is 2.34. The van der Waals surface area contributed by atoms with Gasteiger partial charge in [0.15, 0.2) is 11.9 Å². The van der Waals surface area contributed by atoms with E-state index in [0.717, 1.165) is 11.4 Å². The SMILES string of the molecule is CC(=O)Oc1c(C)n(C(=O)c2ccc(OC[C@@H]3CN(C)c4ccccc4O3)nc2)c2ccccc12. The van der Waals surface area contributed by atoms with Crippen molar-refractivity contribution in [1.29, 1.82) is 0 Å². The molecule has 8 nitrogen and oxygen atoms in total. The molecule has 0 aliphatic carbocycles. The number of carbonyl (C=O) groups is 2. The normalized spacial score (nSPS) is 14.8. The molecule has 0 saturated carbocycles. The van der Waals surface area contributed by atoms with E-state index in [9.17, 15) is 9.59 Å². The minimum atomic E-state index is -0.441. The van der Waals surface area contributed by atoms with E-state index in [2.05, 4.69) is 9.88 Å².